The summed E-state index contributed by atoms with van der Waals surface area (Å²) in [6, 6.07) is 4.15. The number of aryl methyl sites for hydroxylation is 1. The van der Waals surface area contributed by atoms with Crippen molar-refractivity contribution >= 4 is 0 Å². The van der Waals surface area contributed by atoms with Gasteiger partial charge in [-0.2, -0.15) is 0 Å². The third-order valence-corrected chi connectivity index (χ3v) is 3.63. The number of likely N-dealkylation sites (tertiary alicyclic amines) is 1. The van der Waals surface area contributed by atoms with Gasteiger partial charge < -0.3 is 14.6 Å². The molecule has 18 heavy (non-hydrogen) atoms. The van der Waals surface area contributed by atoms with E-state index in [1.807, 2.05) is 0 Å². The van der Waals surface area contributed by atoms with Crippen LogP contribution in [0, 0.1) is 5.92 Å². The molecule has 1 fully saturated rings. The zero-order valence-corrected chi connectivity index (χ0v) is 11.7. The van der Waals surface area contributed by atoms with E-state index in [2.05, 4.69) is 36.2 Å². The van der Waals surface area contributed by atoms with Crippen molar-refractivity contribution in [2.45, 2.75) is 39.7 Å². The average Bonchev–Trinajstić information content (AvgIpc) is 3.00. The molecule has 0 aliphatic carbocycles. The first kappa shape index (κ1) is 13.6. The van der Waals surface area contributed by atoms with Crippen LogP contribution in [-0.4, -0.2) is 31.1 Å². The SMILES string of the molecule is CCc1ccc(CNCC(C)CN2CCCC2)o1. The average molecular weight is 250 g/mol. The molecular weight excluding hydrogens is 224 g/mol. The molecule has 0 aromatic carbocycles. The van der Waals surface area contributed by atoms with Gasteiger partial charge >= 0.3 is 0 Å². The Hall–Kier alpha value is -0.800. The molecule has 102 valence electrons. The van der Waals surface area contributed by atoms with E-state index in [0.717, 1.165) is 31.0 Å². The van der Waals surface area contributed by atoms with Crippen LogP contribution in [0.2, 0.25) is 0 Å². The Morgan fingerprint density at radius 1 is 1.28 bits per heavy atom. The van der Waals surface area contributed by atoms with E-state index in [4.69, 9.17) is 4.42 Å². The molecule has 2 heterocycles. The maximum absolute atomic E-state index is 5.68. The minimum atomic E-state index is 0.712. The molecule has 0 amide bonds. The normalized spacial score (nSPS) is 18.3. The second kappa shape index (κ2) is 6.95. The molecule has 2 rings (SSSR count). The maximum Gasteiger partial charge on any atom is 0.117 e. The number of hydrogen-bond acceptors (Lipinski definition) is 3. The van der Waals surface area contributed by atoms with Crippen molar-refractivity contribution in [3.8, 4) is 0 Å². The van der Waals surface area contributed by atoms with E-state index >= 15 is 0 Å². The number of nitrogens with one attached hydrogen (secondary N) is 1. The molecule has 3 nitrogen and oxygen atoms in total. The van der Waals surface area contributed by atoms with E-state index < -0.39 is 0 Å². The van der Waals surface area contributed by atoms with Gasteiger partial charge in [-0.1, -0.05) is 13.8 Å². The second-order valence-electron chi connectivity index (χ2n) is 5.47. The van der Waals surface area contributed by atoms with Crippen molar-refractivity contribution in [3.63, 3.8) is 0 Å². The van der Waals surface area contributed by atoms with E-state index in [1.54, 1.807) is 0 Å². The topological polar surface area (TPSA) is 28.4 Å². The van der Waals surface area contributed by atoms with Gasteiger partial charge in [0.2, 0.25) is 0 Å². The van der Waals surface area contributed by atoms with Crippen LogP contribution in [0.5, 0.6) is 0 Å². The van der Waals surface area contributed by atoms with Gasteiger partial charge in [-0.05, 0) is 50.5 Å². The van der Waals surface area contributed by atoms with E-state index in [-0.39, 0.29) is 0 Å². The predicted octanol–water partition coefficient (Wildman–Crippen LogP) is 2.66. The highest BCUT2D eigenvalue weighted by molar-refractivity contribution is 5.06. The predicted molar refractivity (Wildman–Crippen MR) is 74.6 cm³/mol. The lowest BCUT2D eigenvalue weighted by atomic mass is 10.1. The first-order valence-electron chi connectivity index (χ1n) is 7.28. The summed E-state index contributed by atoms with van der Waals surface area (Å²) in [5, 5.41) is 3.49. The Labute approximate surface area is 111 Å². The quantitative estimate of drug-likeness (QED) is 0.806. The molecular formula is C15H26N2O. The van der Waals surface area contributed by atoms with Crippen LogP contribution < -0.4 is 5.32 Å². The van der Waals surface area contributed by atoms with E-state index in [9.17, 15) is 0 Å². The van der Waals surface area contributed by atoms with Crippen molar-refractivity contribution in [2.75, 3.05) is 26.2 Å². The van der Waals surface area contributed by atoms with Crippen molar-refractivity contribution in [1.29, 1.82) is 0 Å². The summed E-state index contributed by atoms with van der Waals surface area (Å²) in [7, 11) is 0. The molecule has 1 saturated heterocycles. The molecule has 1 N–H and O–H groups in total. The minimum Gasteiger partial charge on any atom is -0.465 e. The Bertz CT molecular complexity index is 342. The zero-order chi connectivity index (χ0) is 12.8. The monoisotopic (exact) mass is 250 g/mol. The first-order chi connectivity index (χ1) is 8.78. The Morgan fingerprint density at radius 3 is 2.67 bits per heavy atom. The maximum atomic E-state index is 5.68. The summed E-state index contributed by atoms with van der Waals surface area (Å²) < 4.78 is 5.68. The van der Waals surface area contributed by atoms with Gasteiger partial charge in [-0.3, -0.25) is 0 Å². The molecule has 1 aromatic heterocycles. The first-order valence-corrected chi connectivity index (χ1v) is 7.28. The van der Waals surface area contributed by atoms with Gasteiger partial charge in [0.05, 0.1) is 6.54 Å². The van der Waals surface area contributed by atoms with Crippen molar-refractivity contribution in [1.82, 2.24) is 10.2 Å². The molecule has 1 aromatic rings. The number of furan rings is 1. The minimum absolute atomic E-state index is 0.712. The highest BCUT2D eigenvalue weighted by atomic mass is 16.3. The fraction of sp³-hybridized carbons (Fsp3) is 0.733. The molecule has 0 bridgehead atoms. The summed E-state index contributed by atoms with van der Waals surface area (Å²) in [4.78, 5) is 2.58. The summed E-state index contributed by atoms with van der Waals surface area (Å²) in [5.74, 6) is 2.85. The molecule has 1 aliphatic heterocycles. The Balaban J connectivity index is 1.61. The molecule has 0 spiro atoms. The van der Waals surface area contributed by atoms with Gasteiger partial charge in [0.25, 0.3) is 0 Å². The lowest BCUT2D eigenvalue weighted by molar-refractivity contribution is 0.281. The molecule has 0 radical (unpaired) electrons. The highest BCUT2D eigenvalue weighted by Crippen LogP contribution is 2.10. The third-order valence-electron chi connectivity index (χ3n) is 3.63. The Morgan fingerprint density at radius 2 is 2.00 bits per heavy atom. The standard InChI is InChI=1S/C15H26N2O/c1-3-14-6-7-15(18-14)11-16-10-13(2)12-17-8-4-5-9-17/h6-7,13,16H,3-5,8-12H2,1-2H3. The number of nitrogens with zero attached hydrogens (tertiary/aromatic N) is 1. The van der Waals surface area contributed by atoms with Crippen LogP contribution in [0.25, 0.3) is 0 Å². The van der Waals surface area contributed by atoms with Gasteiger partial charge in [0.15, 0.2) is 0 Å². The third kappa shape index (κ3) is 4.14. The lowest BCUT2D eigenvalue weighted by Crippen LogP contribution is -2.31. The summed E-state index contributed by atoms with van der Waals surface area (Å²) in [6.07, 6.45) is 3.74. The van der Waals surface area contributed by atoms with E-state index in [0.29, 0.717) is 5.92 Å². The van der Waals surface area contributed by atoms with Gasteiger partial charge in [0.1, 0.15) is 11.5 Å². The molecule has 1 atom stereocenters. The Kier molecular flexibility index (Phi) is 5.26. The fourth-order valence-corrected chi connectivity index (χ4v) is 2.62. The highest BCUT2D eigenvalue weighted by Gasteiger charge is 2.14. The summed E-state index contributed by atoms with van der Waals surface area (Å²) in [5.41, 5.74) is 0. The van der Waals surface area contributed by atoms with Crippen LogP contribution in [0.3, 0.4) is 0 Å². The van der Waals surface area contributed by atoms with Gasteiger partial charge in [-0.25, -0.2) is 0 Å². The number of rotatable bonds is 7. The molecule has 3 heteroatoms. The molecule has 1 aliphatic rings. The lowest BCUT2D eigenvalue weighted by Gasteiger charge is -2.20. The van der Waals surface area contributed by atoms with Crippen LogP contribution in [0.15, 0.2) is 16.5 Å². The molecule has 0 saturated carbocycles. The molecule has 1 unspecified atom stereocenters. The summed E-state index contributed by atoms with van der Waals surface area (Å²) in [6.45, 7) is 10.2. The van der Waals surface area contributed by atoms with Crippen LogP contribution in [0.4, 0.5) is 0 Å². The summed E-state index contributed by atoms with van der Waals surface area (Å²) >= 11 is 0. The smallest absolute Gasteiger partial charge is 0.117 e. The van der Waals surface area contributed by atoms with Crippen molar-refractivity contribution < 1.29 is 4.42 Å². The van der Waals surface area contributed by atoms with E-state index in [1.165, 1.54) is 32.5 Å². The fourth-order valence-electron chi connectivity index (χ4n) is 2.62. The largest absolute Gasteiger partial charge is 0.465 e. The van der Waals surface area contributed by atoms with Crippen LogP contribution >= 0.6 is 0 Å². The van der Waals surface area contributed by atoms with Crippen LogP contribution in [0.1, 0.15) is 38.2 Å². The number of hydrogen-bond donors (Lipinski definition) is 1. The van der Waals surface area contributed by atoms with Crippen molar-refractivity contribution in [2.24, 2.45) is 5.92 Å². The second-order valence-corrected chi connectivity index (χ2v) is 5.47. The van der Waals surface area contributed by atoms with Gasteiger partial charge in [0, 0.05) is 13.0 Å². The van der Waals surface area contributed by atoms with Gasteiger partial charge in [-0.15, -0.1) is 0 Å². The zero-order valence-electron chi connectivity index (χ0n) is 11.7. The van der Waals surface area contributed by atoms with Crippen molar-refractivity contribution in [3.05, 3.63) is 23.7 Å². The van der Waals surface area contributed by atoms with Crippen LogP contribution in [-0.2, 0) is 13.0 Å².